The highest BCUT2D eigenvalue weighted by Gasteiger charge is 2.16. The summed E-state index contributed by atoms with van der Waals surface area (Å²) in [6.45, 7) is 11.8. The Labute approximate surface area is 155 Å². The Morgan fingerprint density at radius 2 is 1.77 bits per heavy atom. The van der Waals surface area contributed by atoms with Crippen LogP contribution in [0, 0.1) is 20.8 Å². The van der Waals surface area contributed by atoms with E-state index in [1.807, 2.05) is 39.8 Å². The lowest BCUT2D eigenvalue weighted by Gasteiger charge is -2.29. The van der Waals surface area contributed by atoms with Gasteiger partial charge in [0.15, 0.2) is 0 Å². The summed E-state index contributed by atoms with van der Waals surface area (Å²) in [5.74, 6) is -0.240. The van der Waals surface area contributed by atoms with Crippen molar-refractivity contribution in [3.8, 4) is 0 Å². The van der Waals surface area contributed by atoms with Crippen LogP contribution in [-0.4, -0.2) is 62.3 Å². The van der Waals surface area contributed by atoms with Crippen LogP contribution in [0.5, 0.6) is 0 Å². The zero-order valence-corrected chi connectivity index (χ0v) is 16.1. The summed E-state index contributed by atoms with van der Waals surface area (Å²) in [7, 11) is 0. The third-order valence-corrected chi connectivity index (χ3v) is 4.36. The zero-order chi connectivity index (χ0) is 19.1. The van der Waals surface area contributed by atoms with E-state index in [1.54, 1.807) is 0 Å². The Morgan fingerprint density at radius 1 is 1.15 bits per heavy atom. The molecule has 7 heteroatoms. The van der Waals surface area contributed by atoms with Gasteiger partial charge >= 0.3 is 6.03 Å². The molecule has 1 heterocycles. The van der Waals surface area contributed by atoms with Crippen LogP contribution < -0.4 is 16.0 Å². The van der Waals surface area contributed by atoms with Crippen LogP contribution in [0.4, 0.5) is 10.5 Å². The van der Waals surface area contributed by atoms with Crippen molar-refractivity contribution in [3.63, 3.8) is 0 Å². The summed E-state index contributed by atoms with van der Waals surface area (Å²) in [6.07, 6.45) is 0. The molecule has 0 bridgehead atoms. The Bertz CT molecular complexity index is 619. The number of carbonyl (C=O) groups is 2. The van der Waals surface area contributed by atoms with Crippen LogP contribution in [0.15, 0.2) is 12.1 Å². The van der Waals surface area contributed by atoms with Crippen molar-refractivity contribution in [3.05, 3.63) is 28.8 Å². The number of morpholine rings is 1. The third kappa shape index (κ3) is 6.31. The molecule has 1 saturated heterocycles. The fraction of sp³-hybridized carbons (Fsp3) is 0.579. The van der Waals surface area contributed by atoms with Gasteiger partial charge in [0.25, 0.3) is 0 Å². The van der Waals surface area contributed by atoms with E-state index < -0.39 is 0 Å². The number of nitrogens with zero attached hydrogens (tertiary/aromatic N) is 1. The first-order chi connectivity index (χ1) is 12.3. The van der Waals surface area contributed by atoms with Crippen LogP contribution in [0.1, 0.15) is 23.6 Å². The summed E-state index contributed by atoms with van der Waals surface area (Å²) in [6, 6.07) is 3.71. The highest BCUT2D eigenvalue weighted by atomic mass is 16.5. The predicted octanol–water partition coefficient (Wildman–Crippen LogP) is 1.57. The number of amides is 3. The molecule has 0 aromatic heterocycles. The quantitative estimate of drug-likeness (QED) is 0.717. The van der Waals surface area contributed by atoms with Crippen LogP contribution in [-0.2, 0) is 9.53 Å². The highest BCUT2D eigenvalue weighted by Crippen LogP contribution is 2.21. The number of urea groups is 1. The molecule has 1 aliphatic heterocycles. The lowest BCUT2D eigenvalue weighted by Crippen LogP contribution is -2.49. The maximum atomic E-state index is 12.1. The number of benzene rings is 1. The van der Waals surface area contributed by atoms with Crippen molar-refractivity contribution in [2.75, 3.05) is 44.7 Å². The number of nitrogens with one attached hydrogen (secondary N) is 3. The SMILES string of the molecule is Cc1cc(C)c(NC(=O)CNC(=O)NC(C)CN2CCOCC2)c(C)c1. The summed E-state index contributed by atoms with van der Waals surface area (Å²) in [5.41, 5.74) is 3.99. The number of hydrogen-bond acceptors (Lipinski definition) is 4. The largest absolute Gasteiger partial charge is 0.379 e. The van der Waals surface area contributed by atoms with Crippen molar-refractivity contribution >= 4 is 17.6 Å². The van der Waals surface area contributed by atoms with Gasteiger partial charge in [-0.1, -0.05) is 17.7 Å². The summed E-state index contributed by atoms with van der Waals surface area (Å²) in [4.78, 5) is 26.4. The molecule has 3 N–H and O–H groups in total. The Hall–Kier alpha value is -2.12. The average molecular weight is 362 g/mol. The molecular formula is C19H30N4O3. The summed E-state index contributed by atoms with van der Waals surface area (Å²) in [5, 5.41) is 8.36. The van der Waals surface area contributed by atoms with Crippen molar-refractivity contribution in [1.82, 2.24) is 15.5 Å². The van der Waals surface area contributed by atoms with E-state index in [4.69, 9.17) is 4.74 Å². The number of ether oxygens (including phenoxy) is 1. The molecule has 1 aromatic carbocycles. The molecule has 7 nitrogen and oxygen atoms in total. The van der Waals surface area contributed by atoms with E-state index in [2.05, 4.69) is 20.9 Å². The monoisotopic (exact) mass is 362 g/mol. The van der Waals surface area contributed by atoms with Crippen LogP contribution in [0.3, 0.4) is 0 Å². The summed E-state index contributed by atoms with van der Waals surface area (Å²) < 4.78 is 5.31. The van der Waals surface area contributed by atoms with Gasteiger partial charge in [-0.25, -0.2) is 4.79 Å². The number of hydrogen-bond donors (Lipinski definition) is 3. The normalized spacial score (nSPS) is 16.0. The van der Waals surface area contributed by atoms with Crippen LogP contribution in [0.25, 0.3) is 0 Å². The van der Waals surface area contributed by atoms with Crippen molar-refractivity contribution < 1.29 is 14.3 Å². The topological polar surface area (TPSA) is 82.7 Å². The first kappa shape index (κ1) is 20.2. The molecule has 144 valence electrons. The number of aryl methyl sites for hydroxylation is 3. The number of rotatable bonds is 6. The van der Waals surface area contributed by atoms with Gasteiger partial charge in [0.05, 0.1) is 19.8 Å². The maximum Gasteiger partial charge on any atom is 0.315 e. The van der Waals surface area contributed by atoms with E-state index in [0.717, 1.165) is 55.2 Å². The first-order valence-corrected chi connectivity index (χ1v) is 9.07. The van der Waals surface area contributed by atoms with Gasteiger partial charge in [-0.15, -0.1) is 0 Å². The fourth-order valence-electron chi connectivity index (χ4n) is 3.21. The average Bonchev–Trinajstić information content (AvgIpc) is 2.57. The zero-order valence-electron chi connectivity index (χ0n) is 16.1. The molecule has 26 heavy (non-hydrogen) atoms. The van der Waals surface area contributed by atoms with E-state index in [9.17, 15) is 9.59 Å². The molecule has 2 rings (SSSR count). The lowest BCUT2D eigenvalue weighted by molar-refractivity contribution is -0.115. The number of carbonyl (C=O) groups excluding carboxylic acids is 2. The van der Waals surface area contributed by atoms with Crippen molar-refractivity contribution in [2.45, 2.75) is 33.7 Å². The Morgan fingerprint density at radius 3 is 2.38 bits per heavy atom. The van der Waals surface area contributed by atoms with Gasteiger partial charge in [-0.2, -0.15) is 0 Å². The molecule has 0 aliphatic carbocycles. The van der Waals surface area contributed by atoms with E-state index in [-0.39, 0.29) is 24.5 Å². The molecule has 1 atom stereocenters. The summed E-state index contributed by atoms with van der Waals surface area (Å²) >= 11 is 0. The molecule has 0 saturated carbocycles. The minimum absolute atomic E-state index is 0.00208. The van der Waals surface area contributed by atoms with Crippen LogP contribution in [0.2, 0.25) is 0 Å². The second kappa shape index (κ2) is 9.54. The molecule has 3 amide bonds. The molecular weight excluding hydrogens is 332 g/mol. The smallest absolute Gasteiger partial charge is 0.315 e. The van der Waals surface area contributed by atoms with Gasteiger partial charge in [-0.05, 0) is 38.8 Å². The second-order valence-corrected chi connectivity index (χ2v) is 6.96. The third-order valence-electron chi connectivity index (χ3n) is 4.36. The van der Waals surface area contributed by atoms with E-state index >= 15 is 0 Å². The Balaban J connectivity index is 1.73. The van der Waals surface area contributed by atoms with Gasteiger partial charge < -0.3 is 20.7 Å². The minimum atomic E-state index is -0.335. The molecule has 0 spiro atoms. The number of anilines is 1. The van der Waals surface area contributed by atoms with Gasteiger partial charge in [0.1, 0.15) is 0 Å². The Kier molecular flexibility index (Phi) is 7.41. The molecule has 1 aliphatic rings. The fourth-order valence-corrected chi connectivity index (χ4v) is 3.21. The van der Waals surface area contributed by atoms with Gasteiger partial charge in [0.2, 0.25) is 5.91 Å². The second-order valence-electron chi connectivity index (χ2n) is 6.96. The van der Waals surface area contributed by atoms with Gasteiger partial charge in [0, 0.05) is 31.4 Å². The lowest BCUT2D eigenvalue weighted by atomic mass is 10.1. The minimum Gasteiger partial charge on any atom is -0.379 e. The molecule has 1 unspecified atom stereocenters. The van der Waals surface area contributed by atoms with Crippen LogP contribution >= 0.6 is 0 Å². The van der Waals surface area contributed by atoms with E-state index in [1.165, 1.54) is 0 Å². The predicted molar refractivity (Wildman–Crippen MR) is 103 cm³/mol. The van der Waals surface area contributed by atoms with Crippen molar-refractivity contribution in [2.24, 2.45) is 0 Å². The molecule has 1 fully saturated rings. The molecule has 0 radical (unpaired) electrons. The van der Waals surface area contributed by atoms with E-state index in [0.29, 0.717) is 0 Å². The first-order valence-electron chi connectivity index (χ1n) is 9.07. The molecule has 1 aromatic rings. The maximum absolute atomic E-state index is 12.1. The van der Waals surface area contributed by atoms with Crippen molar-refractivity contribution in [1.29, 1.82) is 0 Å². The highest BCUT2D eigenvalue weighted by molar-refractivity contribution is 5.95. The standard InChI is InChI=1S/C19H30N4O3/c1-13-9-14(2)18(15(3)10-13)22-17(24)11-20-19(25)21-16(4)12-23-5-7-26-8-6-23/h9-10,16H,5-8,11-12H2,1-4H3,(H,22,24)(H2,20,21,25). The van der Waals surface area contributed by atoms with Gasteiger partial charge in [-0.3, -0.25) is 9.69 Å².